The molecule has 2 aromatic heterocycles. The quantitative estimate of drug-likeness (QED) is 0.612. The molecule has 0 unspecified atom stereocenters. The van der Waals surface area contributed by atoms with Crippen molar-refractivity contribution in [2.45, 2.75) is 24.7 Å². The van der Waals surface area contributed by atoms with Gasteiger partial charge in [0.15, 0.2) is 11.7 Å². The SMILES string of the molecule is COc1ccccc1N1CCN(C(=O)c2cc3n(n2)[C@H](C(F)(F)F)C[C@H](c2ccco2)N3)CC1. The summed E-state index contributed by atoms with van der Waals surface area (Å²) in [6, 6.07) is 9.77. The summed E-state index contributed by atoms with van der Waals surface area (Å²) >= 11 is 0. The summed E-state index contributed by atoms with van der Waals surface area (Å²) < 4.78 is 53.1. The first-order valence-electron chi connectivity index (χ1n) is 11.0. The van der Waals surface area contributed by atoms with Gasteiger partial charge in [-0.25, -0.2) is 4.68 Å². The van der Waals surface area contributed by atoms with Gasteiger partial charge < -0.3 is 24.3 Å². The number of aromatic nitrogens is 2. The number of methoxy groups -OCH3 is 1. The molecule has 4 heterocycles. The molecule has 1 aromatic carbocycles. The van der Waals surface area contributed by atoms with Crippen molar-refractivity contribution >= 4 is 17.4 Å². The lowest BCUT2D eigenvalue weighted by Gasteiger charge is -2.36. The molecule has 1 saturated heterocycles. The van der Waals surface area contributed by atoms with Crippen molar-refractivity contribution in [1.82, 2.24) is 14.7 Å². The molecule has 1 amide bonds. The minimum atomic E-state index is -4.52. The normalized spacial score (nSPS) is 20.6. The van der Waals surface area contributed by atoms with E-state index in [0.717, 1.165) is 16.1 Å². The smallest absolute Gasteiger partial charge is 0.410 e. The molecule has 0 aliphatic carbocycles. The lowest BCUT2D eigenvalue weighted by molar-refractivity contribution is -0.174. The van der Waals surface area contributed by atoms with Gasteiger partial charge in [0, 0.05) is 38.7 Å². The zero-order valence-corrected chi connectivity index (χ0v) is 18.5. The van der Waals surface area contributed by atoms with E-state index in [1.165, 1.54) is 12.3 Å². The van der Waals surface area contributed by atoms with E-state index in [-0.39, 0.29) is 23.8 Å². The predicted molar refractivity (Wildman–Crippen MR) is 118 cm³/mol. The number of anilines is 2. The monoisotopic (exact) mass is 475 g/mol. The van der Waals surface area contributed by atoms with Crippen molar-refractivity contribution < 1.29 is 27.1 Å². The van der Waals surface area contributed by atoms with Gasteiger partial charge in [0.05, 0.1) is 25.1 Å². The van der Waals surface area contributed by atoms with Crippen LogP contribution in [0.5, 0.6) is 5.75 Å². The largest absolute Gasteiger partial charge is 0.495 e. The van der Waals surface area contributed by atoms with Crippen molar-refractivity contribution in [3.63, 3.8) is 0 Å². The Morgan fingerprint density at radius 3 is 2.59 bits per heavy atom. The highest BCUT2D eigenvalue weighted by molar-refractivity contribution is 5.93. The molecule has 2 atom stereocenters. The predicted octanol–water partition coefficient (Wildman–Crippen LogP) is 4.11. The second-order valence-corrected chi connectivity index (χ2v) is 8.32. The van der Waals surface area contributed by atoms with Crippen LogP contribution in [0.25, 0.3) is 0 Å². The van der Waals surface area contributed by atoms with Gasteiger partial charge in [-0.1, -0.05) is 12.1 Å². The summed E-state index contributed by atoms with van der Waals surface area (Å²) in [6.07, 6.45) is -3.38. The van der Waals surface area contributed by atoms with Gasteiger partial charge in [-0.05, 0) is 24.3 Å². The molecule has 8 nitrogen and oxygen atoms in total. The number of nitrogens with zero attached hydrogens (tertiary/aromatic N) is 4. The number of hydrogen-bond acceptors (Lipinski definition) is 6. The Hall–Kier alpha value is -3.63. The van der Waals surface area contributed by atoms with Crippen molar-refractivity contribution in [2.24, 2.45) is 0 Å². The fraction of sp³-hybridized carbons (Fsp3) is 0.391. The number of fused-ring (bicyclic) bond motifs is 1. The maximum Gasteiger partial charge on any atom is 0.410 e. The first-order valence-corrected chi connectivity index (χ1v) is 11.0. The number of rotatable bonds is 4. The van der Waals surface area contributed by atoms with E-state index in [1.54, 1.807) is 24.1 Å². The van der Waals surface area contributed by atoms with Crippen LogP contribution < -0.4 is 15.0 Å². The van der Waals surface area contributed by atoms with E-state index in [9.17, 15) is 18.0 Å². The highest BCUT2D eigenvalue weighted by Gasteiger charge is 2.47. The number of amides is 1. The number of para-hydroxylation sites is 2. The first-order chi connectivity index (χ1) is 16.3. The van der Waals surface area contributed by atoms with Gasteiger partial charge >= 0.3 is 6.18 Å². The molecular formula is C23H24F3N5O3. The third-order valence-electron chi connectivity index (χ3n) is 6.29. The van der Waals surface area contributed by atoms with Gasteiger partial charge in [0.1, 0.15) is 17.3 Å². The van der Waals surface area contributed by atoms with Crippen LogP contribution in [-0.4, -0.2) is 60.1 Å². The van der Waals surface area contributed by atoms with Gasteiger partial charge in [-0.15, -0.1) is 0 Å². The van der Waals surface area contributed by atoms with Crippen LogP contribution in [0.15, 0.2) is 53.1 Å². The molecule has 180 valence electrons. The minimum absolute atomic E-state index is 0.0115. The molecule has 2 aliphatic heterocycles. The number of benzene rings is 1. The molecule has 2 aliphatic rings. The molecule has 0 radical (unpaired) electrons. The maximum absolute atomic E-state index is 13.8. The van der Waals surface area contributed by atoms with E-state index >= 15 is 0 Å². The highest BCUT2D eigenvalue weighted by Crippen LogP contribution is 2.43. The summed E-state index contributed by atoms with van der Waals surface area (Å²) in [5, 5.41) is 7.11. The number of furan rings is 1. The van der Waals surface area contributed by atoms with E-state index in [0.29, 0.717) is 31.9 Å². The molecule has 1 fully saturated rings. The standard InChI is InChI=1S/C23H24F3N5O3/c1-33-19-6-3-2-5-17(19)29-8-10-30(11-9-29)22(32)16-14-21-27-15(18-7-4-12-34-18)13-20(23(24,25)26)31(21)28-16/h2-7,12,14-15,20,27H,8-11,13H2,1H3/t15-,20+/m1/s1. The van der Waals surface area contributed by atoms with Crippen molar-refractivity contribution in [3.05, 3.63) is 60.2 Å². The van der Waals surface area contributed by atoms with Gasteiger partial charge in [-0.3, -0.25) is 4.79 Å². The number of hydrogen-bond donors (Lipinski definition) is 1. The Balaban J connectivity index is 1.33. The minimum Gasteiger partial charge on any atom is -0.495 e. The number of carbonyl (C=O) groups is 1. The van der Waals surface area contributed by atoms with Crippen LogP contribution in [0.1, 0.15) is 34.8 Å². The zero-order valence-electron chi connectivity index (χ0n) is 18.5. The summed E-state index contributed by atoms with van der Waals surface area (Å²) in [5.74, 6) is 0.909. The molecule has 3 aromatic rings. The number of carbonyl (C=O) groups excluding carboxylic acids is 1. The van der Waals surface area contributed by atoms with Gasteiger partial charge in [0.2, 0.25) is 0 Å². The number of alkyl halides is 3. The first kappa shape index (κ1) is 22.2. The molecule has 11 heteroatoms. The van der Waals surface area contributed by atoms with E-state index in [2.05, 4.69) is 15.3 Å². The molecule has 0 saturated carbocycles. The van der Waals surface area contributed by atoms with Crippen LogP contribution in [-0.2, 0) is 0 Å². The molecule has 0 spiro atoms. The third kappa shape index (κ3) is 4.06. The summed E-state index contributed by atoms with van der Waals surface area (Å²) in [5.41, 5.74) is 0.929. The Labute approximate surface area is 193 Å². The lowest BCUT2D eigenvalue weighted by Crippen LogP contribution is -2.49. The fourth-order valence-electron chi connectivity index (χ4n) is 4.56. The molecule has 1 N–H and O–H groups in total. The lowest BCUT2D eigenvalue weighted by atomic mass is 10.0. The number of halogens is 3. The molecule has 0 bridgehead atoms. The van der Waals surface area contributed by atoms with Crippen LogP contribution >= 0.6 is 0 Å². The Morgan fingerprint density at radius 1 is 1.15 bits per heavy atom. The summed E-state index contributed by atoms with van der Waals surface area (Å²) in [6.45, 7) is 1.99. The van der Waals surface area contributed by atoms with Crippen molar-refractivity contribution in [1.29, 1.82) is 0 Å². The Morgan fingerprint density at radius 2 is 1.91 bits per heavy atom. The Kier molecular flexibility index (Phi) is 5.62. The van der Waals surface area contributed by atoms with Gasteiger partial charge in [-0.2, -0.15) is 18.3 Å². The van der Waals surface area contributed by atoms with E-state index in [4.69, 9.17) is 9.15 Å². The van der Waals surface area contributed by atoms with Gasteiger partial charge in [0.25, 0.3) is 5.91 Å². The molecule has 5 rings (SSSR count). The average Bonchev–Trinajstić information content (AvgIpc) is 3.52. The van der Waals surface area contributed by atoms with Crippen LogP contribution in [0.4, 0.5) is 24.7 Å². The molecule has 34 heavy (non-hydrogen) atoms. The highest BCUT2D eigenvalue weighted by atomic mass is 19.4. The van der Waals surface area contributed by atoms with Crippen molar-refractivity contribution in [2.75, 3.05) is 43.5 Å². The van der Waals surface area contributed by atoms with Crippen molar-refractivity contribution in [3.8, 4) is 5.75 Å². The number of ether oxygens (including phenoxy) is 1. The van der Waals surface area contributed by atoms with E-state index < -0.39 is 18.3 Å². The van der Waals surface area contributed by atoms with Crippen LogP contribution in [0, 0.1) is 0 Å². The second-order valence-electron chi connectivity index (χ2n) is 8.32. The zero-order chi connectivity index (χ0) is 23.9. The second kappa shape index (κ2) is 8.62. The summed E-state index contributed by atoms with van der Waals surface area (Å²) in [4.78, 5) is 16.9. The third-order valence-corrected chi connectivity index (χ3v) is 6.29. The topological polar surface area (TPSA) is 75.8 Å². The number of piperazine rings is 1. The Bertz CT molecular complexity index is 1150. The fourth-order valence-corrected chi connectivity index (χ4v) is 4.56. The van der Waals surface area contributed by atoms with E-state index in [1.807, 2.05) is 24.3 Å². The van der Waals surface area contributed by atoms with Crippen LogP contribution in [0.2, 0.25) is 0 Å². The molecular weight excluding hydrogens is 451 g/mol. The average molecular weight is 475 g/mol. The summed E-state index contributed by atoms with van der Waals surface area (Å²) in [7, 11) is 1.61. The number of nitrogens with one attached hydrogen (secondary N) is 1. The van der Waals surface area contributed by atoms with Crippen LogP contribution in [0.3, 0.4) is 0 Å². The maximum atomic E-state index is 13.8.